The summed E-state index contributed by atoms with van der Waals surface area (Å²) in [5, 5.41) is 0. The Morgan fingerprint density at radius 2 is 1.81 bits per heavy atom. The monoisotopic (exact) mass is 250 g/mol. The highest BCUT2D eigenvalue weighted by Gasteiger charge is 2.32. The van der Waals surface area contributed by atoms with Gasteiger partial charge in [0.05, 0.1) is 6.10 Å². The van der Waals surface area contributed by atoms with Gasteiger partial charge in [-0.2, -0.15) is 0 Å². The van der Waals surface area contributed by atoms with Crippen molar-refractivity contribution in [3.63, 3.8) is 0 Å². The zero-order valence-corrected chi connectivity index (χ0v) is 11.0. The molecule has 1 saturated carbocycles. The van der Waals surface area contributed by atoms with Crippen LogP contribution in [0.4, 0.5) is 0 Å². The van der Waals surface area contributed by atoms with E-state index in [2.05, 4.69) is 13.8 Å². The molecular weight excluding hydrogens is 227 g/mol. The molecule has 0 radical (unpaired) electrons. The summed E-state index contributed by atoms with van der Waals surface area (Å²) in [6.07, 6.45) is 5.86. The van der Waals surface area contributed by atoms with Gasteiger partial charge in [0.15, 0.2) is 0 Å². The Balaban J connectivity index is 2.53. The van der Waals surface area contributed by atoms with Crippen molar-refractivity contribution in [2.45, 2.75) is 58.5 Å². The van der Waals surface area contributed by atoms with Crippen molar-refractivity contribution >= 4 is 7.82 Å². The maximum atomic E-state index is 10.8. The number of hydrogen-bond donors (Lipinski definition) is 2. The van der Waals surface area contributed by atoms with Gasteiger partial charge in [0.1, 0.15) is 0 Å². The van der Waals surface area contributed by atoms with Gasteiger partial charge in [-0.25, -0.2) is 4.57 Å². The predicted octanol–water partition coefficient (Wildman–Crippen LogP) is 3.09. The molecule has 0 unspecified atom stereocenters. The van der Waals surface area contributed by atoms with Gasteiger partial charge in [-0.05, 0) is 31.1 Å². The molecule has 0 aromatic heterocycles. The van der Waals surface area contributed by atoms with E-state index in [4.69, 9.17) is 14.3 Å². The summed E-state index contributed by atoms with van der Waals surface area (Å²) < 4.78 is 15.7. The predicted molar refractivity (Wildman–Crippen MR) is 62.9 cm³/mol. The van der Waals surface area contributed by atoms with Crippen LogP contribution in [0.15, 0.2) is 0 Å². The summed E-state index contributed by atoms with van der Waals surface area (Å²) in [6, 6.07) is 0. The fraction of sp³-hybridized carbons (Fsp3) is 1.00. The number of phosphoric ester groups is 1. The molecular formula is C11H23O4P. The summed E-state index contributed by atoms with van der Waals surface area (Å²) in [5.74, 6) is 1.13. The lowest BCUT2D eigenvalue weighted by Crippen LogP contribution is -2.27. The minimum absolute atomic E-state index is 0.254. The molecule has 0 heterocycles. The molecule has 0 aromatic rings. The van der Waals surface area contributed by atoms with E-state index >= 15 is 0 Å². The third kappa shape index (κ3) is 4.96. The van der Waals surface area contributed by atoms with Crippen molar-refractivity contribution in [3.05, 3.63) is 0 Å². The van der Waals surface area contributed by atoms with E-state index in [1.54, 1.807) is 0 Å². The summed E-state index contributed by atoms with van der Waals surface area (Å²) in [7, 11) is -4.32. The van der Waals surface area contributed by atoms with Gasteiger partial charge in [0.2, 0.25) is 0 Å². The average molecular weight is 250 g/mol. The third-order valence-electron chi connectivity index (χ3n) is 3.42. The molecule has 4 nitrogen and oxygen atoms in total. The van der Waals surface area contributed by atoms with Gasteiger partial charge in [0, 0.05) is 0 Å². The zero-order valence-electron chi connectivity index (χ0n) is 10.1. The van der Waals surface area contributed by atoms with E-state index in [0.717, 1.165) is 32.1 Å². The first kappa shape index (κ1) is 14.2. The maximum Gasteiger partial charge on any atom is 0.469 e. The molecule has 1 aliphatic rings. The van der Waals surface area contributed by atoms with Crippen LogP contribution in [0.2, 0.25) is 0 Å². The first-order chi connectivity index (χ1) is 7.44. The summed E-state index contributed by atoms with van der Waals surface area (Å²) >= 11 is 0. The molecule has 0 bridgehead atoms. The number of rotatable bonds is 5. The van der Waals surface area contributed by atoms with Crippen molar-refractivity contribution in [2.75, 3.05) is 0 Å². The molecule has 0 spiro atoms. The fourth-order valence-electron chi connectivity index (χ4n) is 2.76. The largest absolute Gasteiger partial charge is 0.469 e. The molecule has 0 aromatic carbocycles. The second-order valence-electron chi connectivity index (χ2n) is 4.85. The van der Waals surface area contributed by atoms with Crippen LogP contribution in [0.3, 0.4) is 0 Å². The van der Waals surface area contributed by atoms with Crippen LogP contribution in [0.5, 0.6) is 0 Å². The minimum Gasteiger partial charge on any atom is -0.303 e. The van der Waals surface area contributed by atoms with Gasteiger partial charge in [-0.1, -0.05) is 33.1 Å². The lowest BCUT2D eigenvalue weighted by molar-refractivity contribution is 0.0568. The van der Waals surface area contributed by atoms with Crippen LogP contribution in [-0.4, -0.2) is 15.9 Å². The minimum atomic E-state index is -4.32. The Bertz CT molecular complexity index is 250. The molecule has 0 aliphatic heterocycles. The topological polar surface area (TPSA) is 66.8 Å². The summed E-state index contributed by atoms with van der Waals surface area (Å²) in [4.78, 5) is 17.7. The molecule has 2 N–H and O–H groups in total. The van der Waals surface area contributed by atoms with E-state index in [1.165, 1.54) is 6.42 Å². The van der Waals surface area contributed by atoms with Crippen LogP contribution in [-0.2, 0) is 9.09 Å². The molecule has 96 valence electrons. The molecule has 1 fully saturated rings. The average Bonchev–Trinajstić information content (AvgIpc) is 2.15. The van der Waals surface area contributed by atoms with E-state index in [-0.39, 0.29) is 6.10 Å². The SMILES string of the molecule is CCC[C@H]1C[C@@H](CC)C[C@@H](OP(=O)(O)O)C1. The van der Waals surface area contributed by atoms with Crippen LogP contribution in [0.1, 0.15) is 52.4 Å². The number of phosphoric acid groups is 1. The quantitative estimate of drug-likeness (QED) is 0.736. The van der Waals surface area contributed by atoms with E-state index in [1.807, 2.05) is 0 Å². The van der Waals surface area contributed by atoms with Crippen LogP contribution in [0.25, 0.3) is 0 Å². The molecule has 1 rings (SSSR count). The van der Waals surface area contributed by atoms with E-state index in [9.17, 15) is 4.57 Å². The van der Waals surface area contributed by atoms with Crippen LogP contribution >= 0.6 is 7.82 Å². The van der Waals surface area contributed by atoms with Gasteiger partial charge in [0.25, 0.3) is 0 Å². The van der Waals surface area contributed by atoms with E-state index in [0.29, 0.717) is 11.8 Å². The van der Waals surface area contributed by atoms with Crippen molar-refractivity contribution in [1.29, 1.82) is 0 Å². The second kappa shape index (κ2) is 6.15. The maximum absolute atomic E-state index is 10.8. The Hall–Kier alpha value is 0.110. The third-order valence-corrected chi connectivity index (χ3v) is 3.99. The molecule has 3 atom stereocenters. The highest BCUT2D eigenvalue weighted by Crippen LogP contribution is 2.44. The van der Waals surface area contributed by atoms with Crippen LogP contribution in [0, 0.1) is 11.8 Å². The van der Waals surface area contributed by atoms with Crippen molar-refractivity contribution in [3.8, 4) is 0 Å². The highest BCUT2D eigenvalue weighted by molar-refractivity contribution is 7.46. The zero-order chi connectivity index (χ0) is 12.2. The molecule has 0 amide bonds. The fourth-order valence-corrected chi connectivity index (χ4v) is 3.32. The molecule has 1 aliphatic carbocycles. The standard InChI is InChI=1S/C11H23O4P/c1-3-5-10-6-9(4-2)7-11(8-10)15-16(12,13)14/h9-11H,3-8H2,1-2H3,(H2,12,13,14)/t9-,10+,11-/m1/s1. The van der Waals surface area contributed by atoms with Crippen molar-refractivity contribution in [1.82, 2.24) is 0 Å². The Labute approximate surface area is 97.6 Å². The Morgan fingerprint density at radius 1 is 1.19 bits per heavy atom. The highest BCUT2D eigenvalue weighted by atomic mass is 31.2. The summed E-state index contributed by atoms with van der Waals surface area (Å²) in [6.45, 7) is 4.28. The van der Waals surface area contributed by atoms with Gasteiger partial charge in [-0.3, -0.25) is 4.52 Å². The molecule has 5 heteroatoms. The Morgan fingerprint density at radius 3 is 2.31 bits per heavy atom. The second-order valence-corrected chi connectivity index (χ2v) is 6.05. The van der Waals surface area contributed by atoms with Gasteiger partial charge >= 0.3 is 7.82 Å². The summed E-state index contributed by atoms with van der Waals surface area (Å²) in [5.41, 5.74) is 0. The van der Waals surface area contributed by atoms with Crippen molar-refractivity contribution < 1.29 is 18.9 Å². The van der Waals surface area contributed by atoms with Gasteiger partial charge < -0.3 is 9.79 Å². The molecule has 16 heavy (non-hydrogen) atoms. The first-order valence-electron chi connectivity index (χ1n) is 6.18. The van der Waals surface area contributed by atoms with E-state index < -0.39 is 7.82 Å². The lowest BCUT2D eigenvalue weighted by Gasteiger charge is -2.34. The first-order valence-corrected chi connectivity index (χ1v) is 7.71. The normalized spacial score (nSPS) is 31.6. The lowest BCUT2D eigenvalue weighted by atomic mass is 9.77. The van der Waals surface area contributed by atoms with Gasteiger partial charge in [-0.15, -0.1) is 0 Å². The molecule has 0 saturated heterocycles. The number of hydrogen-bond acceptors (Lipinski definition) is 2. The van der Waals surface area contributed by atoms with Crippen molar-refractivity contribution in [2.24, 2.45) is 11.8 Å². The smallest absolute Gasteiger partial charge is 0.303 e. The van der Waals surface area contributed by atoms with Crippen LogP contribution < -0.4 is 0 Å². The Kier molecular flexibility index (Phi) is 5.45.